The number of nitrogens with two attached hydrogens (primary N) is 1. The second kappa shape index (κ2) is 4.20. The molecule has 0 heterocycles. The second-order valence-corrected chi connectivity index (χ2v) is 2.81. The van der Waals surface area contributed by atoms with Gasteiger partial charge in [0.25, 0.3) is 0 Å². The van der Waals surface area contributed by atoms with Crippen molar-refractivity contribution in [3.8, 4) is 5.75 Å². The SMILES string of the molecule is COc1cc(C)cc(F)c1CNN. The van der Waals surface area contributed by atoms with E-state index < -0.39 is 0 Å². The molecule has 0 amide bonds. The summed E-state index contributed by atoms with van der Waals surface area (Å²) >= 11 is 0. The fourth-order valence-electron chi connectivity index (χ4n) is 1.20. The summed E-state index contributed by atoms with van der Waals surface area (Å²) < 4.78 is 18.3. The van der Waals surface area contributed by atoms with Crippen LogP contribution in [0.25, 0.3) is 0 Å². The summed E-state index contributed by atoms with van der Waals surface area (Å²) in [6.07, 6.45) is 0. The van der Waals surface area contributed by atoms with Crippen LogP contribution in [-0.4, -0.2) is 7.11 Å². The van der Waals surface area contributed by atoms with Crippen LogP contribution in [0, 0.1) is 12.7 Å². The molecule has 3 nitrogen and oxygen atoms in total. The highest BCUT2D eigenvalue weighted by Gasteiger charge is 2.09. The molecule has 72 valence electrons. The molecular weight excluding hydrogens is 171 g/mol. The number of aryl methyl sites for hydroxylation is 1. The van der Waals surface area contributed by atoms with Gasteiger partial charge in [0.15, 0.2) is 0 Å². The predicted octanol–water partition coefficient (Wildman–Crippen LogP) is 1.11. The van der Waals surface area contributed by atoms with Crippen molar-refractivity contribution in [3.63, 3.8) is 0 Å². The number of hydrazine groups is 1. The monoisotopic (exact) mass is 184 g/mol. The molecule has 0 aliphatic carbocycles. The van der Waals surface area contributed by atoms with Crippen LogP contribution < -0.4 is 16.0 Å². The Morgan fingerprint density at radius 3 is 2.77 bits per heavy atom. The maximum atomic E-state index is 13.3. The first-order chi connectivity index (χ1) is 6.19. The Bertz CT molecular complexity index is 302. The van der Waals surface area contributed by atoms with Crippen LogP contribution in [0.5, 0.6) is 5.75 Å². The quantitative estimate of drug-likeness (QED) is 0.546. The maximum Gasteiger partial charge on any atom is 0.131 e. The summed E-state index contributed by atoms with van der Waals surface area (Å²) in [5.74, 6) is 5.35. The molecule has 0 aliphatic heterocycles. The number of methoxy groups -OCH3 is 1. The number of halogens is 1. The summed E-state index contributed by atoms with van der Waals surface area (Å²) in [5.41, 5.74) is 3.68. The fraction of sp³-hybridized carbons (Fsp3) is 0.333. The highest BCUT2D eigenvalue weighted by atomic mass is 19.1. The van der Waals surface area contributed by atoms with Crippen LogP contribution in [0.1, 0.15) is 11.1 Å². The minimum atomic E-state index is -0.296. The van der Waals surface area contributed by atoms with E-state index in [0.717, 1.165) is 5.56 Å². The lowest BCUT2D eigenvalue weighted by atomic mass is 10.1. The molecule has 0 unspecified atom stereocenters. The Hall–Kier alpha value is -1.13. The summed E-state index contributed by atoms with van der Waals surface area (Å²) in [6, 6.07) is 3.23. The minimum Gasteiger partial charge on any atom is -0.496 e. The van der Waals surface area contributed by atoms with Gasteiger partial charge in [-0.15, -0.1) is 0 Å². The number of nitrogens with one attached hydrogen (secondary N) is 1. The third-order valence-electron chi connectivity index (χ3n) is 1.80. The largest absolute Gasteiger partial charge is 0.496 e. The van der Waals surface area contributed by atoms with Gasteiger partial charge in [-0.25, -0.2) is 4.39 Å². The molecule has 3 N–H and O–H groups in total. The van der Waals surface area contributed by atoms with Crippen LogP contribution in [0.15, 0.2) is 12.1 Å². The number of hydrogen-bond donors (Lipinski definition) is 2. The first-order valence-corrected chi connectivity index (χ1v) is 3.95. The summed E-state index contributed by atoms with van der Waals surface area (Å²) in [7, 11) is 1.51. The molecule has 0 saturated carbocycles. The normalized spacial score (nSPS) is 10.2. The van der Waals surface area contributed by atoms with Crippen molar-refractivity contribution in [2.45, 2.75) is 13.5 Å². The molecule has 0 aliphatic rings. The second-order valence-electron chi connectivity index (χ2n) is 2.81. The molecule has 0 radical (unpaired) electrons. The van der Waals surface area contributed by atoms with Crippen LogP contribution in [0.3, 0.4) is 0 Å². The topological polar surface area (TPSA) is 47.3 Å². The highest BCUT2D eigenvalue weighted by molar-refractivity contribution is 5.38. The van der Waals surface area contributed by atoms with Crippen LogP contribution in [-0.2, 0) is 6.54 Å². The van der Waals surface area contributed by atoms with E-state index in [4.69, 9.17) is 10.6 Å². The Balaban J connectivity index is 3.13. The van der Waals surface area contributed by atoms with E-state index >= 15 is 0 Å². The van der Waals surface area contributed by atoms with Crippen molar-refractivity contribution in [1.29, 1.82) is 0 Å². The van der Waals surface area contributed by atoms with E-state index in [1.807, 2.05) is 6.92 Å². The van der Waals surface area contributed by atoms with Crippen molar-refractivity contribution in [1.82, 2.24) is 5.43 Å². The molecule has 13 heavy (non-hydrogen) atoms. The van der Waals surface area contributed by atoms with Crippen molar-refractivity contribution < 1.29 is 9.13 Å². The zero-order valence-corrected chi connectivity index (χ0v) is 7.73. The maximum absolute atomic E-state index is 13.3. The Morgan fingerprint density at radius 2 is 2.23 bits per heavy atom. The van der Waals surface area contributed by atoms with Gasteiger partial charge in [0, 0.05) is 12.1 Å². The van der Waals surface area contributed by atoms with Crippen LogP contribution in [0.2, 0.25) is 0 Å². The molecular formula is C9H13FN2O. The molecule has 1 rings (SSSR count). The predicted molar refractivity (Wildman–Crippen MR) is 48.7 cm³/mol. The van der Waals surface area contributed by atoms with Gasteiger partial charge in [-0.1, -0.05) is 0 Å². The number of hydrogen-bond acceptors (Lipinski definition) is 3. The molecule has 0 atom stereocenters. The molecule has 0 saturated heterocycles. The van der Waals surface area contributed by atoms with Gasteiger partial charge >= 0.3 is 0 Å². The molecule has 1 aromatic carbocycles. The molecule has 0 aromatic heterocycles. The molecule has 0 bridgehead atoms. The number of rotatable bonds is 3. The van der Waals surface area contributed by atoms with Crippen LogP contribution in [0.4, 0.5) is 4.39 Å². The van der Waals surface area contributed by atoms with Gasteiger partial charge in [0.1, 0.15) is 11.6 Å². The van der Waals surface area contributed by atoms with E-state index in [1.54, 1.807) is 6.07 Å². The third kappa shape index (κ3) is 2.17. The third-order valence-corrected chi connectivity index (χ3v) is 1.80. The van der Waals surface area contributed by atoms with E-state index in [2.05, 4.69) is 5.43 Å². The smallest absolute Gasteiger partial charge is 0.131 e. The average Bonchev–Trinajstić information content (AvgIpc) is 2.09. The van der Waals surface area contributed by atoms with E-state index in [1.165, 1.54) is 13.2 Å². The first kappa shape index (κ1) is 9.95. The van der Waals surface area contributed by atoms with Gasteiger partial charge < -0.3 is 4.74 Å². The molecule has 0 fully saturated rings. The number of ether oxygens (including phenoxy) is 1. The zero-order chi connectivity index (χ0) is 9.84. The first-order valence-electron chi connectivity index (χ1n) is 3.95. The van der Waals surface area contributed by atoms with Gasteiger partial charge in [0.2, 0.25) is 0 Å². The van der Waals surface area contributed by atoms with E-state index in [-0.39, 0.29) is 12.4 Å². The lowest BCUT2D eigenvalue weighted by Crippen LogP contribution is -2.22. The lowest BCUT2D eigenvalue weighted by Gasteiger charge is -2.09. The highest BCUT2D eigenvalue weighted by Crippen LogP contribution is 2.22. The zero-order valence-electron chi connectivity index (χ0n) is 7.73. The summed E-state index contributed by atoms with van der Waals surface area (Å²) in [5, 5.41) is 0. The van der Waals surface area contributed by atoms with E-state index in [9.17, 15) is 4.39 Å². The molecule has 4 heteroatoms. The Labute approximate surface area is 76.7 Å². The van der Waals surface area contributed by atoms with Crippen LogP contribution >= 0.6 is 0 Å². The van der Waals surface area contributed by atoms with Crippen molar-refractivity contribution >= 4 is 0 Å². The van der Waals surface area contributed by atoms with Gasteiger partial charge in [-0.05, 0) is 24.6 Å². The van der Waals surface area contributed by atoms with Crippen molar-refractivity contribution in [3.05, 3.63) is 29.1 Å². The minimum absolute atomic E-state index is 0.259. The Morgan fingerprint density at radius 1 is 1.54 bits per heavy atom. The standard InChI is InChI=1S/C9H13FN2O/c1-6-3-8(10)7(5-12-11)9(4-6)13-2/h3-4,12H,5,11H2,1-2H3. The van der Waals surface area contributed by atoms with Gasteiger partial charge in [-0.3, -0.25) is 11.3 Å². The van der Waals surface area contributed by atoms with Crippen molar-refractivity contribution in [2.75, 3.05) is 7.11 Å². The molecule has 1 aromatic rings. The lowest BCUT2D eigenvalue weighted by molar-refractivity contribution is 0.401. The van der Waals surface area contributed by atoms with E-state index in [0.29, 0.717) is 11.3 Å². The summed E-state index contributed by atoms with van der Waals surface area (Å²) in [4.78, 5) is 0. The van der Waals surface area contributed by atoms with Gasteiger partial charge in [0.05, 0.1) is 7.11 Å². The summed E-state index contributed by atoms with van der Waals surface area (Å²) in [6.45, 7) is 2.07. The fourth-order valence-corrected chi connectivity index (χ4v) is 1.20. The molecule has 0 spiro atoms. The average molecular weight is 184 g/mol. The Kier molecular flexibility index (Phi) is 3.22. The number of benzene rings is 1. The van der Waals surface area contributed by atoms with Gasteiger partial charge in [-0.2, -0.15) is 0 Å². The van der Waals surface area contributed by atoms with Crippen molar-refractivity contribution in [2.24, 2.45) is 5.84 Å².